The maximum absolute atomic E-state index is 12.1. The summed E-state index contributed by atoms with van der Waals surface area (Å²) in [7, 11) is 4.09. The second-order valence-corrected chi connectivity index (χ2v) is 9.55. The number of hydrogen-bond acceptors (Lipinski definition) is 6. The molecule has 2 aromatic heterocycles. The SMILES string of the molecule is CN(C)[C@@H](CNC(=O)CCCSc1nc2ccccc2s1)c1cccs1. The number of benzene rings is 1. The van der Waals surface area contributed by atoms with E-state index < -0.39 is 0 Å². The topological polar surface area (TPSA) is 45.2 Å². The van der Waals surface area contributed by atoms with Crippen LogP contribution < -0.4 is 5.32 Å². The Balaban J connectivity index is 1.38. The van der Waals surface area contributed by atoms with Crippen molar-refractivity contribution >= 4 is 50.6 Å². The van der Waals surface area contributed by atoms with E-state index in [1.165, 1.54) is 9.58 Å². The minimum absolute atomic E-state index is 0.123. The van der Waals surface area contributed by atoms with E-state index in [2.05, 4.69) is 38.8 Å². The molecule has 0 bridgehead atoms. The van der Waals surface area contributed by atoms with Gasteiger partial charge in [0, 0.05) is 23.6 Å². The van der Waals surface area contributed by atoms with Crippen molar-refractivity contribution in [2.45, 2.75) is 23.2 Å². The molecule has 4 nitrogen and oxygen atoms in total. The van der Waals surface area contributed by atoms with Crippen molar-refractivity contribution in [3.63, 3.8) is 0 Å². The number of carbonyl (C=O) groups is 1. The summed E-state index contributed by atoms with van der Waals surface area (Å²) in [5, 5.41) is 5.15. The van der Waals surface area contributed by atoms with Gasteiger partial charge in [0.1, 0.15) is 0 Å². The first-order chi connectivity index (χ1) is 12.6. The first-order valence-corrected chi connectivity index (χ1v) is 11.3. The van der Waals surface area contributed by atoms with Crippen molar-refractivity contribution in [3.8, 4) is 0 Å². The van der Waals surface area contributed by atoms with Crippen LogP contribution in [0, 0.1) is 0 Å². The number of nitrogens with one attached hydrogen (secondary N) is 1. The Labute approximate surface area is 166 Å². The van der Waals surface area contributed by atoms with E-state index in [9.17, 15) is 4.79 Å². The maximum atomic E-state index is 12.1. The minimum Gasteiger partial charge on any atom is -0.354 e. The van der Waals surface area contributed by atoms with Gasteiger partial charge in [0.2, 0.25) is 5.91 Å². The molecule has 7 heteroatoms. The van der Waals surface area contributed by atoms with Crippen molar-refractivity contribution in [2.75, 3.05) is 26.4 Å². The fourth-order valence-corrected chi connectivity index (χ4v) is 5.62. The summed E-state index contributed by atoms with van der Waals surface area (Å²) in [6.07, 6.45) is 1.42. The van der Waals surface area contributed by atoms with E-state index in [0.29, 0.717) is 13.0 Å². The van der Waals surface area contributed by atoms with Gasteiger partial charge in [-0.2, -0.15) is 0 Å². The Hall–Kier alpha value is -1.41. The molecule has 0 fully saturated rings. The molecule has 0 aliphatic rings. The Bertz CT molecular complexity index is 797. The number of aromatic nitrogens is 1. The van der Waals surface area contributed by atoms with Crippen LogP contribution in [0.2, 0.25) is 0 Å². The van der Waals surface area contributed by atoms with Crippen LogP contribution in [-0.2, 0) is 4.79 Å². The summed E-state index contributed by atoms with van der Waals surface area (Å²) in [5.41, 5.74) is 1.06. The number of amides is 1. The van der Waals surface area contributed by atoms with Gasteiger partial charge in [0.25, 0.3) is 0 Å². The van der Waals surface area contributed by atoms with Gasteiger partial charge in [-0.15, -0.1) is 22.7 Å². The second kappa shape index (κ2) is 9.50. The predicted molar refractivity (Wildman–Crippen MR) is 113 cm³/mol. The summed E-state index contributed by atoms with van der Waals surface area (Å²) in [6, 6.07) is 12.6. The molecule has 0 saturated carbocycles. The first kappa shape index (κ1) is 19.4. The highest BCUT2D eigenvalue weighted by Gasteiger charge is 2.16. The molecule has 1 aromatic carbocycles. The molecule has 3 rings (SSSR count). The summed E-state index contributed by atoms with van der Waals surface area (Å²) in [4.78, 5) is 20.2. The van der Waals surface area contributed by atoms with Crippen molar-refractivity contribution in [2.24, 2.45) is 0 Å². The van der Waals surface area contributed by atoms with Gasteiger partial charge < -0.3 is 10.2 Å². The minimum atomic E-state index is 0.123. The number of fused-ring (bicyclic) bond motifs is 1. The van der Waals surface area contributed by atoms with Crippen molar-refractivity contribution in [1.82, 2.24) is 15.2 Å². The molecular weight excluding hydrogens is 382 g/mol. The Morgan fingerprint density at radius 2 is 2.12 bits per heavy atom. The van der Waals surface area contributed by atoms with E-state index in [0.717, 1.165) is 22.0 Å². The molecule has 3 aromatic rings. The normalized spacial score (nSPS) is 12.6. The lowest BCUT2D eigenvalue weighted by molar-refractivity contribution is -0.121. The number of thiazole rings is 1. The zero-order chi connectivity index (χ0) is 18.4. The van der Waals surface area contributed by atoms with Gasteiger partial charge in [-0.25, -0.2) is 4.98 Å². The van der Waals surface area contributed by atoms with Crippen LogP contribution in [0.4, 0.5) is 0 Å². The van der Waals surface area contributed by atoms with Gasteiger partial charge in [0.15, 0.2) is 4.34 Å². The number of rotatable bonds is 9. The van der Waals surface area contributed by atoms with Crippen molar-refractivity contribution in [3.05, 3.63) is 46.7 Å². The molecular formula is C19H23N3OS3. The molecule has 0 unspecified atom stereocenters. The second-order valence-electron chi connectivity index (χ2n) is 6.20. The van der Waals surface area contributed by atoms with Crippen LogP contribution >= 0.6 is 34.4 Å². The fourth-order valence-electron chi connectivity index (χ4n) is 2.62. The van der Waals surface area contributed by atoms with Crippen molar-refractivity contribution < 1.29 is 4.79 Å². The highest BCUT2D eigenvalue weighted by atomic mass is 32.2. The molecule has 1 N–H and O–H groups in total. The van der Waals surface area contributed by atoms with Crippen LogP contribution in [0.15, 0.2) is 46.1 Å². The van der Waals surface area contributed by atoms with Gasteiger partial charge >= 0.3 is 0 Å². The molecule has 0 spiro atoms. The monoisotopic (exact) mass is 405 g/mol. The maximum Gasteiger partial charge on any atom is 0.220 e. The summed E-state index contributed by atoms with van der Waals surface area (Å²) in [6.45, 7) is 0.650. The van der Waals surface area contributed by atoms with Gasteiger partial charge in [-0.3, -0.25) is 4.79 Å². The molecule has 0 radical (unpaired) electrons. The largest absolute Gasteiger partial charge is 0.354 e. The Kier molecular flexibility index (Phi) is 7.07. The summed E-state index contributed by atoms with van der Waals surface area (Å²) >= 11 is 5.18. The van der Waals surface area contributed by atoms with Gasteiger partial charge in [-0.05, 0) is 44.1 Å². The van der Waals surface area contributed by atoms with E-state index in [4.69, 9.17) is 0 Å². The average molecular weight is 406 g/mol. The Morgan fingerprint density at radius 1 is 1.27 bits per heavy atom. The lowest BCUT2D eigenvalue weighted by Gasteiger charge is -2.23. The molecule has 0 aliphatic heterocycles. The highest BCUT2D eigenvalue weighted by molar-refractivity contribution is 8.01. The van der Waals surface area contributed by atoms with Crippen LogP contribution in [0.3, 0.4) is 0 Å². The molecule has 1 amide bonds. The van der Waals surface area contributed by atoms with E-state index in [-0.39, 0.29) is 11.9 Å². The number of thioether (sulfide) groups is 1. The van der Waals surface area contributed by atoms with E-state index in [1.54, 1.807) is 34.4 Å². The molecule has 1 atom stereocenters. The predicted octanol–water partition coefficient (Wildman–Crippen LogP) is 4.65. The molecule has 138 valence electrons. The average Bonchev–Trinajstić information content (AvgIpc) is 3.28. The van der Waals surface area contributed by atoms with Gasteiger partial charge in [-0.1, -0.05) is 30.0 Å². The van der Waals surface area contributed by atoms with Gasteiger partial charge in [0.05, 0.1) is 16.3 Å². The van der Waals surface area contributed by atoms with E-state index in [1.807, 2.05) is 32.3 Å². The number of hydrogen-bond donors (Lipinski definition) is 1. The highest BCUT2D eigenvalue weighted by Crippen LogP contribution is 2.29. The number of carbonyl (C=O) groups excluding carboxylic acids is 1. The zero-order valence-corrected chi connectivity index (χ0v) is 17.4. The number of likely N-dealkylation sites (N-methyl/N-ethyl adjacent to an activating group) is 1. The van der Waals surface area contributed by atoms with Crippen LogP contribution in [0.5, 0.6) is 0 Å². The number of para-hydroxylation sites is 1. The smallest absolute Gasteiger partial charge is 0.220 e. The quantitative estimate of drug-likeness (QED) is 0.416. The van der Waals surface area contributed by atoms with Crippen LogP contribution in [-0.4, -0.2) is 42.2 Å². The third-order valence-corrected chi connectivity index (χ3v) is 7.27. The Morgan fingerprint density at radius 3 is 2.85 bits per heavy atom. The number of nitrogens with zero attached hydrogens (tertiary/aromatic N) is 2. The fraction of sp³-hybridized carbons (Fsp3) is 0.368. The molecule has 26 heavy (non-hydrogen) atoms. The number of thiophene rings is 1. The molecule has 0 aliphatic carbocycles. The standard InChI is InChI=1S/C19H23N3OS3/c1-22(2)15(17-9-5-11-24-17)13-20-18(23)10-6-12-25-19-21-14-7-3-4-8-16(14)26-19/h3-5,7-9,11,15H,6,10,12-13H2,1-2H3,(H,20,23)/t15-/m0/s1. The third kappa shape index (κ3) is 5.30. The molecule has 2 heterocycles. The third-order valence-electron chi connectivity index (χ3n) is 4.04. The lowest BCUT2D eigenvalue weighted by atomic mass is 10.2. The van der Waals surface area contributed by atoms with E-state index >= 15 is 0 Å². The summed E-state index contributed by atoms with van der Waals surface area (Å²) < 4.78 is 2.30. The summed E-state index contributed by atoms with van der Waals surface area (Å²) in [5.74, 6) is 1.04. The molecule has 0 saturated heterocycles. The first-order valence-electron chi connectivity index (χ1n) is 8.58. The zero-order valence-electron chi connectivity index (χ0n) is 15.0. The van der Waals surface area contributed by atoms with Crippen molar-refractivity contribution in [1.29, 1.82) is 0 Å². The van der Waals surface area contributed by atoms with Crippen LogP contribution in [0.1, 0.15) is 23.8 Å². The lowest BCUT2D eigenvalue weighted by Crippen LogP contribution is -2.34. The van der Waals surface area contributed by atoms with Crippen LogP contribution in [0.25, 0.3) is 10.2 Å².